The summed E-state index contributed by atoms with van der Waals surface area (Å²) in [6.45, 7) is 6.48. The number of nitrogens with zero attached hydrogens (tertiary/aromatic N) is 5. The number of piperidine rings is 1. The molecule has 8 nitrogen and oxygen atoms in total. The van der Waals surface area contributed by atoms with E-state index in [2.05, 4.69) is 25.6 Å². The summed E-state index contributed by atoms with van der Waals surface area (Å²) < 4.78 is 1.77. The summed E-state index contributed by atoms with van der Waals surface area (Å²) in [4.78, 5) is 23.6. The van der Waals surface area contributed by atoms with Gasteiger partial charge in [0.15, 0.2) is 0 Å². The second-order valence-corrected chi connectivity index (χ2v) is 7.40. The van der Waals surface area contributed by atoms with Crippen LogP contribution in [0.1, 0.15) is 30.5 Å². The first kappa shape index (κ1) is 16.8. The minimum Gasteiger partial charge on any atom is -0.356 e. The van der Waals surface area contributed by atoms with E-state index in [1.54, 1.807) is 4.68 Å². The Labute approximate surface area is 153 Å². The number of carbonyl (C=O) groups is 1. The molecule has 0 bridgehead atoms. The number of amides is 1. The molecule has 2 N–H and O–H groups in total. The molecule has 0 unspecified atom stereocenters. The monoisotopic (exact) mass is 355 g/mol. The maximum atomic E-state index is 12.2. The van der Waals surface area contributed by atoms with Gasteiger partial charge in [-0.1, -0.05) is 0 Å². The Kier molecular flexibility index (Phi) is 4.05. The van der Waals surface area contributed by atoms with E-state index in [0.29, 0.717) is 5.95 Å². The Bertz CT molecular complexity index is 836. The number of nitrogens with one attached hydrogen (secondary N) is 2. The summed E-state index contributed by atoms with van der Waals surface area (Å²) in [5.74, 6) is 1.74. The van der Waals surface area contributed by atoms with Crippen molar-refractivity contribution in [2.24, 2.45) is 12.5 Å². The molecule has 0 aromatic carbocycles. The maximum absolute atomic E-state index is 12.2. The number of hydrogen-bond donors (Lipinski definition) is 2. The summed E-state index contributed by atoms with van der Waals surface area (Å²) in [5.41, 5.74) is 2.70. The number of hydrogen-bond acceptors (Lipinski definition) is 6. The third-order valence-corrected chi connectivity index (χ3v) is 5.60. The number of aromatic nitrogens is 4. The van der Waals surface area contributed by atoms with Gasteiger partial charge in [0.05, 0.1) is 16.8 Å². The lowest BCUT2D eigenvalue weighted by Crippen LogP contribution is -2.44. The van der Waals surface area contributed by atoms with Gasteiger partial charge in [-0.15, -0.1) is 0 Å². The van der Waals surface area contributed by atoms with Gasteiger partial charge in [0.2, 0.25) is 11.9 Å². The first-order valence-electron chi connectivity index (χ1n) is 9.11. The molecular formula is C18H25N7O. The van der Waals surface area contributed by atoms with Crippen LogP contribution in [-0.2, 0) is 11.8 Å². The molecule has 4 rings (SSSR count). The van der Waals surface area contributed by atoms with E-state index >= 15 is 0 Å². The SMILES string of the molecule is Cc1cnc(Nc2cn(C)nc2C)nc1N1CCC2(CCNC2=O)CC1. The van der Waals surface area contributed by atoms with Crippen LogP contribution < -0.4 is 15.5 Å². The van der Waals surface area contributed by atoms with Gasteiger partial charge in [-0.25, -0.2) is 4.98 Å². The second kappa shape index (κ2) is 6.26. The highest BCUT2D eigenvalue weighted by Crippen LogP contribution is 2.39. The molecule has 1 amide bonds. The third kappa shape index (κ3) is 2.89. The normalized spacial score (nSPS) is 19.0. The Morgan fingerprint density at radius 2 is 2.00 bits per heavy atom. The zero-order chi connectivity index (χ0) is 18.3. The zero-order valence-corrected chi connectivity index (χ0v) is 15.5. The van der Waals surface area contributed by atoms with Gasteiger partial charge in [0.1, 0.15) is 5.82 Å². The van der Waals surface area contributed by atoms with Crippen molar-refractivity contribution >= 4 is 23.4 Å². The predicted molar refractivity (Wildman–Crippen MR) is 99.5 cm³/mol. The molecule has 138 valence electrons. The summed E-state index contributed by atoms with van der Waals surface area (Å²) in [5, 5.41) is 10.6. The molecule has 0 radical (unpaired) electrons. The number of carbonyl (C=O) groups excluding carboxylic acids is 1. The van der Waals surface area contributed by atoms with E-state index < -0.39 is 0 Å². The molecule has 2 fully saturated rings. The zero-order valence-electron chi connectivity index (χ0n) is 15.5. The molecule has 8 heteroatoms. The van der Waals surface area contributed by atoms with Crippen LogP contribution in [0.2, 0.25) is 0 Å². The van der Waals surface area contributed by atoms with Crippen LogP contribution >= 0.6 is 0 Å². The van der Waals surface area contributed by atoms with Crippen molar-refractivity contribution in [2.45, 2.75) is 33.1 Å². The smallest absolute Gasteiger partial charge is 0.229 e. The van der Waals surface area contributed by atoms with Gasteiger partial charge >= 0.3 is 0 Å². The second-order valence-electron chi connectivity index (χ2n) is 7.40. The van der Waals surface area contributed by atoms with Gasteiger partial charge in [-0.3, -0.25) is 9.48 Å². The molecule has 2 aromatic heterocycles. The molecule has 0 aliphatic carbocycles. The Hall–Kier alpha value is -2.64. The van der Waals surface area contributed by atoms with Gasteiger partial charge in [-0.05, 0) is 33.1 Å². The van der Waals surface area contributed by atoms with E-state index in [1.165, 1.54) is 0 Å². The molecule has 1 spiro atoms. The van der Waals surface area contributed by atoms with Gasteiger partial charge in [-0.2, -0.15) is 10.1 Å². The van der Waals surface area contributed by atoms with E-state index in [4.69, 9.17) is 4.98 Å². The summed E-state index contributed by atoms with van der Waals surface area (Å²) >= 11 is 0. The highest BCUT2D eigenvalue weighted by atomic mass is 16.2. The van der Waals surface area contributed by atoms with Crippen LogP contribution in [0.5, 0.6) is 0 Å². The van der Waals surface area contributed by atoms with Gasteiger partial charge < -0.3 is 15.5 Å². The number of aryl methyl sites for hydroxylation is 3. The van der Waals surface area contributed by atoms with Crippen LogP contribution in [-0.4, -0.2) is 45.3 Å². The van der Waals surface area contributed by atoms with Crippen LogP contribution in [0.4, 0.5) is 17.5 Å². The quantitative estimate of drug-likeness (QED) is 0.871. The minimum atomic E-state index is -0.161. The van der Waals surface area contributed by atoms with Gasteiger partial charge in [0.25, 0.3) is 0 Å². The summed E-state index contributed by atoms with van der Waals surface area (Å²) in [7, 11) is 1.89. The van der Waals surface area contributed by atoms with E-state index in [1.807, 2.05) is 33.3 Å². The van der Waals surface area contributed by atoms with E-state index in [0.717, 1.165) is 61.7 Å². The van der Waals surface area contributed by atoms with Gasteiger partial charge in [0, 0.05) is 44.6 Å². The molecule has 2 aliphatic heterocycles. The Balaban J connectivity index is 1.52. The van der Waals surface area contributed by atoms with Crippen LogP contribution in [0.15, 0.2) is 12.4 Å². The highest BCUT2D eigenvalue weighted by molar-refractivity contribution is 5.85. The lowest BCUT2D eigenvalue weighted by atomic mass is 9.77. The van der Waals surface area contributed by atoms with Crippen LogP contribution in [0, 0.1) is 19.3 Å². The average Bonchev–Trinajstić information content (AvgIpc) is 3.12. The van der Waals surface area contributed by atoms with Crippen molar-refractivity contribution in [3.63, 3.8) is 0 Å². The highest BCUT2D eigenvalue weighted by Gasteiger charge is 2.44. The van der Waals surface area contributed by atoms with Crippen molar-refractivity contribution < 1.29 is 4.79 Å². The van der Waals surface area contributed by atoms with Crippen molar-refractivity contribution in [3.8, 4) is 0 Å². The maximum Gasteiger partial charge on any atom is 0.229 e. The third-order valence-electron chi connectivity index (χ3n) is 5.60. The van der Waals surface area contributed by atoms with Crippen LogP contribution in [0.25, 0.3) is 0 Å². The first-order chi connectivity index (χ1) is 12.5. The van der Waals surface area contributed by atoms with Crippen molar-refractivity contribution in [1.29, 1.82) is 0 Å². The summed E-state index contributed by atoms with van der Waals surface area (Å²) in [6, 6.07) is 0. The molecule has 0 saturated carbocycles. The predicted octanol–water partition coefficient (Wildman–Crippen LogP) is 1.68. The van der Waals surface area contributed by atoms with E-state index in [-0.39, 0.29) is 11.3 Å². The lowest BCUT2D eigenvalue weighted by molar-refractivity contribution is -0.128. The first-order valence-corrected chi connectivity index (χ1v) is 9.11. The molecular weight excluding hydrogens is 330 g/mol. The molecule has 2 aliphatic rings. The molecule has 2 saturated heterocycles. The standard InChI is InChI=1S/C18H25N7O/c1-12-10-20-17(21-14-11-24(3)23-13(14)2)22-15(12)25-8-5-18(6-9-25)4-7-19-16(18)26/h10-11H,4-9H2,1-3H3,(H,19,26)(H,20,21,22). The molecule has 2 aromatic rings. The van der Waals surface area contributed by atoms with Crippen molar-refractivity contribution in [1.82, 2.24) is 25.1 Å². The number of anilines is 3. The average molecular weight is 355 g/mol. The molecule has 0 atom stereocenters. The largest absolute Gasteiger partial charge is 0.356 e. The summed E-state index contributed by atoms with van der Waals surface area (Å²) in [6.07, 6.45) is 6.49. The molecule has 26 heavy (non-hydrogen) atoms. The fourth-order valence-electron chi connectivity index (χ4n) is 4.00. The van der Waals surface area contributed by atoms with Crippen molar-refractivity contribution in [3.05, 3.63) is 23.7 Å². The Morgan fingerprint density at radius 3 is 2.62 bits per heavy atom. The molecule has 4 heterocycles. The van der Waals surface area contributed by atoms with Crippen LogP contribution in [0.3, 0.4) is 0 Å². The topological polar surface area (TPSA) is 88.0 Å². The minimum absolute atomic E-state index is 0.161. The van der Waals surface area contributed by atoms with Crippen molar-refractivity contribution in [2.75, 3.05) is 29.9 Å². The fourth-order valence-corrected chi connectivity index (χ4v) is 4.00. The lowest BCUT2D eigenvalue weighted by Gasteiger charge is -2.38. The Morgan fingerprint density at radius 1 is 1.23 bits per heavy atom. The fraction of sp³-hybridized carbons (Fsp3) is 0.556. The van der Waals surface area contributed by atoms with E-state index in [9.17, 15) is 4.79 Å². The number of rotatable bonds is 3.